The van der Waals surface area contributed by atoms with Crippen LogP contribution in [0.4, 0.5) is 0 Å². The Morgan fingerprint density at radius 1 is 1.10 bits per heavy atom. The number of hydrogen-bond acceptors (Lipinski definition) is 4. The maximum atomic E-state index is 13.1. The number of rotatable bonds is 7. The summed E-state index contributed by atoms with van der Waals surface area (Å²) in [7, 11) is 0. The molecular weight excluding hydrogens is 378 g/mol. The van der Waals surface area contributed by atoms with Crippen molar-refractivity contribution in [2.75, 3.05) is 32.7 Å². The van der Waals surface area contributed by atoms with Gasteiger partial charge in [0.05, 0.1) is 5.92 Å². The molecule has 0 radical (unpaired) electrons. The summed E-state index contributed by atoms with van der Waals surface area (Å²) in [6.07, 6.45) is 2.56. The van der Waals surface area contributed by atoms with Crippen LogP contribution in [-0.4, -0.2) is 48.4 Å². The highest BCUT2D eigenvalue weighted by Crippen LogP contribution is 2.45. The number of nitrogens with zero attached hydrogens (tertiary/aromatic N) is 2. The van der Waals surface area contributed by atoms with Crippen LogP contribution in [-0.2, 0) is 17.9 Å². The van der Waals surface area contributed by atoms with Crippen molar-refractivity contribution in [1.29, 1.82) is 0 Å². The quantitative estimate of drug-likeness (QED) is 0.760. The fourth-order valence-electron chi connectivity index (χ4n) is 5.13. The largest absolute Gasteiger partial charge is 0.356 e. The normalized spacial score (nSPS) is 24.0. The van der Waals surface area contributed by atoms with Gasteiger partial charge in [0, 0.05) is 56.1 Å². The highest BCUT2D eigenvalue weighted by molar-refractivity contribution is 7.10. The van der Waals surface area contributed by atoms with E-state index in [4.69, 9.17) is 0 Å². The first kappa shape index (κ1) is 19.3. The summed E-state index contributed by atoms with van der Waals surface area (Å²) in [5.41, 5.74) is 2.85. The highest BCUT2D eigenvalue weighted by Gasteiger charge is 2.56. The van der Waals surface area contributed by atoms with Gasteiger partial charge in [-0.05, 0) is 48.3 Å². The van der Waals surface area contributed by atoms with E-state index in [1.54, 1.807) is 0 Å². The summed E-state index contributed by atoms with van der Waals surface area (Å²) in [6, 6.07) is 12.9. The van der Waals surface area contributed by atoms with Crippen LogP contribution < -0.4 is 5.32 Å². The lowest BCUT2D eigenvalue weighted by Gasteiger charge is -2.50. The molecule has 5 heteroatoms. The second-order valence-electron chi connectivity index (χ2n) is 9.43. The second kappa shape index (κ2) is 7.86. The van der Waals surface area contributed by atoms with Crippen LogP contribution in [0.15, 0.2) is 41.8 Å². The van der Waals surface area contributed by atoms with Gasteiger partial charge in [0.2, 0.25) is 5.91 Å². The van der Waals surface area contributed by atoms with Crippen molar-refractivity contribution in [3.8, 4) is 0 Å². The molecule has 1 unspecified atom stereocenters. The highest BCUT2D eigenvalue weighted by atomic mass is 32.1. The maximum Gasteiger partial charge on any atom is 0.225 e. The monoisotopic (exact) mass is 409 g/mol. The Morgan fingerprint density at radius 2 is 1.86 bits per heavy atom. The van der Waals surface area contributed by atoms with Gasteiger partial charge in [-0.1, -0.05) is 30.3 Å². The van der Waals surface area contributed by atoms with E-state index in [0.29, 0.717) is 5.91 Å². The average Bonchev–Trinajstić information content (AvgIpc) is 3.33. The van der Waals surface area contributed by atoms with Crippen molar-refractivity contribution >= 4 is 17.2 Å². The molecule has 154 valence electrons. The van der Waals surface area contributed by atoms with Gasteiger partial charge in [-0.15, -0.1) is 11.3 Å². The minimum Gasteiger partial charge on any atom is -0.356 e. The molecule has 3 fully saturated rings. The Kier molecular flexibility index (Phi) is 5.23. The first-order chi connectivity index (χ1) is 14.1. The summed E-state index contributed by atoms with van der Waals surface area (Å²) in [5, 5.41) is 5.47. The van der Waals surface area contributed by atoms with Crippen molar-refractivity contribution in [3.05, 3.63) is 57.8 Å². The van der Waals surface area contributed by atoms with E-state index >= 15 is 0 Å². The third-order valence-corrected chi connectivity index (χ3v) is 7.97. The van der Waals surface area contributed by atoms with Crippen LogP contribution in [0.3, 0.4) is 0 Å². The summed E-state index contributed by atoms with van der Waals surface area (Å²) >= 11 is 1.85. The predicted octanol–water partition coefficient (Wildman–Crippen LogP) is 3.52. The van der Waals surface area contributed by atoms with Crippen molar-refractivity contribution in [2.45, 2.75) is 32.9 Å². The average molecular weight is 410 g/mol. The van der Waals surface area contributed by atoms with E-state index in [-0.39, 0.29) is 11.3 Å². The zero-order valence-corrected chi connectivity index (χ0v) is 18.1. The lowest BCUT2D eigenvalue weighted by Crippen LogP contribution is -2.62. The summed E-state index contributed by atoms with van der Waals surface area (Å²) < 4.78 is 0. The number of nitrogens with one attached hydrogen (secondary N) is 1. The number of likely N-dealkylation sites (tertiary alicyclic amines) is 2. The van der Waals surface area contributed by atoms with E-state index in [1.807, 2.05) is 11.3 Å². The van der Waals surface area contributed by atoms with Crippen molar-refractivity contribution in [2.24, 2.45) is 17.3 Å². The molecule has 1 aromatic heterocycles. The number of carbonyl (C=O) groups excluding carboxylic acids is 1. The minimum absolute atomic E-state index is 0.116. The zero-order chi connectivity index (χ0) is 19.8. The molecule has 1 saturated carbocycles. The molecule has 1 atom stereocenters. The summed E-state index contributed by atoms with van der Waals surface area (Å²) in [4.78, 5) is 19.6. The smallest absolute Gasteiger partial charge is 0.225 e. The molecule has 1 N–H and O–H groups in total. The first-order valence-electron chi connectivity index (χ1n) is 10.9. The number of thiophene rings is 1. The molecule has 4 nitrogen and oxygen atoms in total. The molecule has 1 aromatic carbocycles. The minimum atomic E-state index is 0.116. The standard InChI is InChI=1S/C24H31N3OS/c1-18-9-10-29-22(18)14-27-16-24(17-27)15-26(12-20-5-3-2-4-6-20)13-21(24)23(28)25-11-19-7-8-19/h2-6,9-10,19,21H,7-8,11-17H2,1H3,(H,25,28). The van der Waals surface area contributed by atoms with Gasteiger partial charge in [0.15, 0.2) is 0 Å². The van der Waals surface area contributed by atoms with Crippen LogP contribution >= 0.6 is 11.3 Å². The number of carbonyl (C=O) groups is 1. The molecule has 5 rings (SSSR count). The van der Waals surface area contributed by atoms with Gasteiger partial charge in [-0.3, -0.25) is 14.6 Å². The lowest BCUT2D eigenvalue weighted by atomic mass is 9.71. The lowest BCUT2D eigenvalue weighted by molar-refractivity contribution is -0.132. The topological polar surface area (TPSA) is 35.6 Å². The van der Waals surface area contributed by atoms with Crippen molar-refractivity contribution in [3.63, 3.8) is 0 Å². The van der Waals surface area contributed by atoms with Gasteiger partial charge in [0.1, 0.15) is 0 Å². The fraction of sp³-hybridized carbons (Fsp3) is 0.542. The van der Waals surface area contributed by atoms with Crippen LogP contribution in [0.25, 0.3) is 0 Å². The fourth-order valence-corrected chi connectivity index (χ4v) is 6.08. The molecule has 2 saturated heterocycles. The van der Waals surface area contributed by atoms with E-state index in [0.717, 1.165) is 51.7 Å². The van der Waals surface area contributed by atoms with Gasteiger partial charge < -0.3 is 5.32 Å². The Hall–Kier alpha value is -1.69. The predicted molar refractivity (Wildman–Crippen MR) is 118 cm³/mol. The third kappa shape index (κ3) is 4.14. The van der Waals surface area contributed by atoms with E-state index < -0.39 is 0 Å². The van der Waals surface area contributed by atoms with Gasteiger partial charge >= 0.3 is 0 Å². The Morgan fingerprint density at radius 3 is 2.55 bits per heavy atom. The molecule has 3 aliphatic rings. The Labute approximate surface area is 177 Å². The van der Waals surface area contributed by atoms with Crippen LogP contribution in [0, 0.1) is 24.2 Å². The molecule has 1 amide bonds. The van der Waals surface area contributed by atoms with Gasteiger partial charge in [-0.2, -0.15) is 0 Å². The van der Waals surface area contributed by atoms with E-state index in [1.165, 1.54) is 28.8 Å². The van der Waals surface area contributed by atoms with Crippen LogP contribution in [0.5, 0.6) is 0 Å². The number of benzene rings is 1. The molecule has 2 aromatic rings. The maximum absolute atomic E-state index is 13.1. The van der Waals surface area contributed by atoms with Crippen molar-refractivity contribution < 1.29 is 4.79 Å². The SMILES string of the molecule is Cc1ccsc1CN1CC2(CN(Cc3ccccc3)CC2C(=O)NCC2CC2)C1. The van der Waals surface area contributed by atoms with E-state index in [2.05, 4.69) is 63.8 Å². The zero-order valence-electron chi connectivity index (χ0n) is 17.3. The molecule has 0 bridgehead atoms. The van der Waals surface area contributed by atoms with E-state index in [9.17, 15) is 4.79 Å². The Balaban J connectivity index is 1.26. The molecule has 3 heterocycles. The first-order valence-corrected chi connectivity index (χ1v) is 11.8. The number of aryl methyl sites for hydroxylation is 1. The molecule has 1 aliphatic carbocycles. The molecular formula is C24H31N3OS. The van der Waals surface area contributed by atoms with Crippen LogP contribution in [0.1, 0.15) is 28.8 Å². The van der Waals surface area contributed by atoms with Gasteiger partial charge in [0.25, 0.3) is 0 Å². The molecule has 29 heavy (non-hydrogen) atoms. The Bertz CT molecular complexity index is 854. The molecule has 1 spiro atoms. The van der Waals surface area contributed by atoms with Crippen LogP contribution in [0.2, 0.25) is 0 Å². The number of amides is 1. The summed E-state index contributed by atoms with van der Waals surface area (Å²) in [6.45, 7) is 9.04. The third-order valence-electron chi connectivity index (χ3n) is 6.96. The second-order valence-corrected chi connectivity index (χ2v) is 10.4. The molecule has 2 aliphatic heterocycles. The number of hydrogen-bond donors (Lipinski definition) is 1. The summed E-state index contributed by atoms with van der Waals surface area (Å²) in [5.74, 6) is 1.14. The van der Waals surface area contributed by atoms with Gasteiger partial charge in [-0.25, -0.2) is 0 Å². The van der Waals surface area contributed by atoms with Crippen molar-refractivity contribution in [1.82, 2.24) is 15.1 Å².